The van der Waals surface area contributed by atoms with Crippen LogP contribution in [0.25, 0.3) is 10.9 Å². The van der Waals surface area contributed by atoms with Crippen LogP contribution in [0, 0.1) is 0 Å². The van der Waals surface area contributed by atoms with Crippen LogP contribution in [-0.4, -0.2) is 28.3 Å². The number of aromatic nitrogens is 2. The van der Waals surface area contributed by atoms with E-state index in [1.54, 1.807) is 0 Å². The highest BCUT2D eigenvalue weighted by Gasteiger charge is 2.08. The lowest BCUT2D eigenvalue weighted by Gasteiger charge is -2.00. The summed E-state index contributed by atoms with van der Waals surface area (Å²) in [5.41, 5.74) is 2.40. The molecule has 0 aliphatic rings. The zero-order valence-corrected chi connectivity index (χ0v) is 11.3. The molecule has 2 rings (SSSR count). The Hall–Kier alpha value is -1.00. The summed E-state index contributed by atoms with van der Waals surface area (Å²) in [5.74, 6) is 1.10. The molecule has 17 heavy (non-hydrogen) atoms. The summed E-state index contributed by atoms with van der Waals surface area (Å²) in [4.78, 5) is 0. The molecule has 1 heterocycles. The smallest absolute Gasteiger partial charge is 0.0841 e. The first-order valence-corrected chi connectivity index (χ1v) is 7.40. The number of hydrogen-bond donors (Lipinski definition) is 1. The van der Waals surface area contributed by atoms with E-state index in [1.807, 2.05) is 11.8 Å². The molecule has 0 spiro atoms. The van der Waals surface area contributed by atoms with E-state index in [2.05, 4.69) is 47.4 Å². The van der Waals surface area contributed by atoms with Gasteiger partial charge in [-0.1, -0.05) is 25.1 Å². The summed E-state index contributed by atoms with van der Waals surface area (Å²) in [6.07, 6.45) is 2.13. The quantitative estimate of drug-likeness (QED) is 0.853. The van der Waals surface area contributed by atoms with Crippen molar-refractivity contribution < 1.29 is 0 Å². The van der Waals surface area contributed by atoms with Gasteiger partial charge in [0, 0.05) is 17.7 Å². The first-order chi connectivity index (χ1) is 8.36. The summed E-state index contributed by atoms with van der Waals surface area (Å²) in [7, 11) is 0. The molecule has 0 aliphatic heterocycles. The summed E-state index contributed by atoms with van der Waals surface area (Å²) in [6.45, 7) is 4.93. The van der Waals surface area contributed by atoms with E-state index in [4.69, 9.17) is 5.10 Å². The lowest BCUT2D eigenvalue weighted by atomic mass is 10.2. The Bertz CT molecular complexity index is 436. The maximum atomic E-state index is 4.71. The molecule has 0 bridgehead atoms. The highest BCUT2D eigenvalue weighted by atomic mass is 32.2. The largest absolute Gasteiger partial charge is 0.311 e. The highest BCUT2D eigenvalue weighted by Crippen LogP contribution is 2.18. The van der Waals surface area contributed by atoms with Crippen LogP contribution in [0.3, 0.4) is 0 Å². The number of hydrogen-bond acceptors (Lipinski definition) is 3. The van der Waals surface area contributed by atoms with Crippen molar-refractivity contribution in [1.29, 1.82) is 0 Å². The second-order valence-electron chi connectivity index (χ2n) is 3.96. The number of benzene rings is 1. The fourth-order valence-corrected chi connectivity index (χ4v) is 2.27. The molecule has 0 radical (unpaired) electrons. The van der Waals surface area contributed by atoms with Gasteiger partial charge in [-0.3, -0.25) is 4.68 Å². The van der Waals surface area contributed by atoms with Crippen LogP contribution < -0.4 is 5.32 Å². The fourth-order valence-electron chi connectivity index (χ4n) is 1.92. The second kappa shape index (κ2) is 6.07. The number of thioether (sulfide) groups is 1. The maximum Gasteiger partial charge on any atom is 0.0841 e. The van der Waals surface area contributed by atoms with Crippen LogP contribution >= 0.6 is 11.8 Å². The van der Waals surface area contributed by atoms with Crippen molar-refractivity contribution in [3.05, 3.63) is 30.0 Å². The topological polar surface area (TPSA) is 29.9 Å². The number of para-hydroxylation sites is 1. The molecule has 3 nitrogen and oxygen atoms in total. The molecule has 0 atom stereocenters. The molecule has 2 aromatic rings. The predicted octanol–water partition coefficient (Wildman–Crippen LogP) is 2.51. The third-order valence-corrected chi connectivity index (χ3v) is 3.37. The number of aryl methyl sites for hydroxylation is 1. The zero-order chi connectivity index (χ0) is 12.1. The number of rotatable bonds is 6. The Morgan fingerprint density at radius 2 is 2.18 bits per heavy atom. The number of nitrogens with one attached hydrogen (secondary N) is 1. The third-order valence-electron chi connectivity index (χ3n) is 2.78. The van der Waals surface area contributed by atoms with Crippen LogP contribution in [0.15, 0.2) is 24.3 Å². The molecule has 0 saturated heterocycles. The van der Waals surface area contributed by atoms with Crippen LogP contribution in [0.2, 0.25) is 0 Å². The molecule has 1 aromatic carbocycles. The van der Waals surface area contributed by atoms with Crippen molar-refractivity contribution in [1.82, 2.24) is 15.1 Å². The first-order valence-electron chi connectivity index (χ1n) is 6.01. The van der Waals surface area contributed by atoms with Gasteiger partial charge >= 0.3 is 0 Å². The monoisotopic (exact) mass is 249 g/mol. The molecule has 0 amide bonds. The molecule has 0 aliphatic carbocycles. The number of nitrogens with zero attached hydrogens (tertiary/aromatic N) is 2. The van der Waals surface area contributed by atoms with Gasteiger partial charge in [0.2, 0.25) is 0 Å². The molecule has 1 N–H and O–H groups in total. The zero-order valence-electron chi connectivity index (χ0n) is 10.4. The lowest BCUT2D eigenvalue weighted by Crippen LogP contribution is -2.13. The minimum Gasteiger partial charge on any atom is -0.311 e. The lowest BCUT2D eigenvalue weighted by molar-refractivity contribution is 0.646. The van der Waals surface area contributed by atoms with Gasteiger partial charge in [-0.15, -0.1) is 0 Å². The Morgan fingerprint density at radius 3 is 2.94 bits per heavy atom. The summed E-state index contributed by atoms with van der Waals surface area (Å²) in [5, 5.41) is 9.32. The van der Waals surface area contributed by atoms with Crippen LogP contribution in [-0.2, 0) is 13.1 Å². The first kappa shape index (κ1) is 12.5. The molecule has 0 fully saturated rings. The Labute approximate surface area is 107 Å². The van der Waals surface area contributed by atoms with Gasteiger partial charge in [-0.05, 0) is 18.9 Å². The molecule has 1 aromatic heterocycles. The standard InChI is InChI=1S/C13H19N3S/c1-3-14-10-12-11-6-4-5-7-13(11)16(15-12)8-9-17-2/h4-7,14H,3,8-10H2,1-2H3. The summed E-state index contributed by atoms with van der Waals surface area (Å²) < 4.78 is 2.12. The van der Waals surface area contributed by atoms with Gasteiger partial charge in [0.25, 0.3) is 0 Å². The van der Waals surface area contributed by atoms with Crippen molar-refractivity contribution >= 4 is 22.7 Å². The SMILES string of the molecule is CCNCc1nn(CCSC)c2ccccc12. The van der Waals surface area contributed by atoms with E-state index in [0.717, 1.165) is 31.1 Å². The van der Waals surface area contributed by atoms with E-state index in [9.17, 15) is 0 Å². The molecular weight excluding hydrogens is 230 g/mol. The van der Waals surface area contributed by atoms with Crippen molar-refractivity contribution in [3.63, 3.8) is 0 Å². The van der Waals surface area contributed by atoms with Crippen molar-refractivity contribution in [2.45, 2.75) is 20.0 Å². The van der Waals surface area contributed by atoms with E-state index in [0.29, 0.717) is 0 Å². The average Bonchev–Trinajstić information content (AvgIpc) is 2.72. The Kier molecular flexibility index (Phi) is 4.45. The van der Waals surface area contributed by atoms with Crippen molar-refractivity contribution in [3.8, 4) is 0 Å². The van der Waals surface area contributed by atoms with E-state index >= 15 is 0 Å². The van der Waals surface area contributed by atoms with Crippen LogP contribution in [0.5, 0.6) is 0 Å². The van der Waals surface area contributed by atoms with E-state index < -0.39 is 0 Å². The molecular formula is C13H19N3S. The van der Waals surface area contributed by atoms with Crippen LogP contribution in [0.1, 0.15) is 12.6 Å². The van der Waals surface area contributed by atoms with E-state index in [1.165, 1.54) is 10.9 Å². The van der Waals surface area contributed by atoms with Gasteiger partial charge in [-0.25, -0.2) is 0 Å². The van der Waals surface area contributed by atoms with Crippen LogP contribution in [0.4, 0.5) is 0 Å². The fraction of sp³-hybridized carbons (Fsp3) is 0.462. The van der Waals surface area contributed by atoms with Gasteiger partial charge in [0.05, 0.1) is 17.8 Å². The molecule has 0 saturated carbocycles. The average molecular weight is 249 g/mol. The summed E-state index contributed by atoms with van der Waals surface area (Å²) >= 11 is 1.86. The van der Waals surface area contributed by atoms with E-state index in [-0.39, 0.29) is 0 Å². The second-order valence-corrected chi connectivity index (χ2v) is 4.95. The Morgan fingerprint density at radius 1 is 1.35 bits per heavy atom. The van der Waals surface area contributed by atoms with Crippen molar-refractivity contribution in [2.24, 2.45) is 0 Å². The molecule has 0 unspecified atom stereocenters. The summed E-state index contributed by atoms with van der Waals surface area (Å²) in [6, 6.07) is 8.47. The molecule has 4 heteroatoms. The van der Waals surface area contributed by atoms with Gasteiger partial charge in [-0.2, -0.15) is 16.9 Å². The minimum atomic E-state index is 0.850. The normalized spacial score (nSPS) is 11.2. The minimum absolute atomic E-state index is 0.850. The van der Waals surface area contributed by atoms with Gasteiger partial charge in [0.15, 0.2) is 0 Å². The molecule has 92 valence electrons. The maximum absolute atomic E-state index is 4.71. The Balaban J connectivity index is 2.32. The predicted molar refractivity (Wildman–Crippen MR) is 75.5 cm³/mol. The number of fused-ring (bicyclic) bond motifs is 1. The van der Waals surface area contributed by atoms with Gasteiger partial charge in [0.1, 0.15) is 0 Å². The van der Waals surface area contributed by atoms with Crippen molar-refractivity contribution in [2.75, 3.05) is 18.6 Å². The highest BCUT2D eigenvalue weighted by molar-refractivity contribution is 7.98. The van der Waals surface area contributed by atoms with Gasteiger partial charge < -0.3 is 5.32 Å². The third kappa shape index (κ3) is 2.82.